The van der Waals surface area contributed by atoms with Gasteiger partial charge in [0.2, 0.25) is 0 Å². The van der Waals surface area contributed by atoms with E-state index in [0.29, 0.717) is 0 Å². The summed E-state index contributed by atoms with van der Waals surface area (Å²) in [6.07, 6.45) is 4.77. The van der Waals surface area contributed by atoms with Crippen molar-refractivity contribution in [3.05, 3.63) is 65.4 Å². The fourth-order valence-electron chi connectivity index (χ4n) is 4.51. The van der Waals surface area contributed by atoms with Crippen molar-refractivity contribution in [3.8, 4) is 0 Å². The van der Waals surface area contributed by atoms with E-state index in [1.807, 2.05) is 0 Å². The number of aryl methyl sites for hydroxylation is 1. The second-order valence-electron chi connectivity index (χ2n) is 6.49. The third kappa shape index (κ3) is 1.13. The fraction of sp³-hybridized carbons (Fsp3) is 0.0909. The number of hydrogen-bond acceptors (Lipinski definition) is 0. The predicted molar refractivity (Wildman–Crippen MR) is 95.7 cm³/mol. The summed E-state index contributed by atoms with van der Waals surface area (Å²) in [4.78, 5) is 0. The van der Waals surface area contributed by atoms with Crippen LogP contribution in [0.15, 0.2) is 54.6 Å². The van der Waals surface area contributed by atoms with Crippen molar-refractivity contribution in [1.29, 1.82) is 0 Å². The zero-order chi connectivity index (χ0) is 14.3. The van der Waals surface area contributed by atoms with Crippen molar-refractivity contribution in [2.24, 2.45) is 0 Å². The van der Waals surface area contributed by atoms with Crippen LogP contribution in [0.4, 0.5) is 0 Å². The van der Waals surface area contributed by atoms with E-state index >= 15 is 0 Å². The third-order valence-corrected chi connectivity index (χ3v) is 5.42. The van der Waals surface area contributed by atoms with Crippen LogP contribution in [0.1, 0.15) is 12.0 Å². The maximum absolute atomic E-state index is 2.45. The van der Waals surface area contributed by atoms with Crippen molar-refractivity contribution in [2.45, 2.75) is 12.8 Å². The van der Waals surface area contributed by atoms with E-state index in [-0.39, 0.29) is 0 Å². The van der Waals surface area contributed by atoms with Gasteiger partial charge in [-0.15, -0.1) is 0 Å². The normalized spacial score (nSPS) is 14.4. The summed E-state index contributed by atoms with van der Waals surface area (Å²) >= 11 is 0. The Morgan fingerprint density at radius 1 is 0.591 bits per heavy atom. The first-order valence-electron chi connectivity index (χ1n) is 8.03. The van der Waals surface area contributed by atoms with Gasteiger partial charge in [-0.2, -0.15) is 0 Å². The molecule has 22 heavy (non-hydrogen) atoms. The second kappa shape index (κ2) is 3.59. The van der Waals surface area contributed by atoms with Gasteiger partial charge in [-0.3, -0.25) is 0 Å². The summed E-state index contributed by atoms with van der Waals surface area (Å²) in [6.45, 7) is 0. The van der Waals surface area contributed by atoms with Gasteiger partial charge in [0.15, 0.2) is 0 Å². The standard InChI is InChI=1S/C22H14/c1-3-13-7-9-15-11-12-16-10-8-14-4-2-6-18-17(5-1)19(13)21(15)22(16)20(14)18/h1,3,5-12H,2,4H2. The van der Waals surface area contributed by atoms with E-state index < -0.39 is 0 Å². The van der Waals surface area contributed by atoms with Crippen LogP contribution >= 0.6 is 0 Å². The first kappa shape index (κ1) is 11.0. The number of rotatable bonds is 0. The van der Waals surface area contributed by atoms with Crippen molar-refractivity contribution in [1.82, 2.24) is 0 Å². The molecule has 0 aromatic heterocycles. The van der Waals surface area contributed by atoms with Crippen LogP contribution in [0.5, 0.6) is 0 Å². The van der Waals surface area contributed by atoms with Gasteiger partial charge in [-0.1, -0.05) is 60.7 Å². The van der Waals surface area contributed by atoms with E-state index in [9.17, 15) is 0 Å². The smallest absolute Gasteiger partial charge is 0.00142 e. The monoisotopic (exact) mass is 278 g/mol. The lowest BCUT2D eigenvalue weighted by Crippen LogP contribution is -2.12. The molecule has 6 rings (SSSR count). The minimum absolute atomic E-state index is 1.16. The van der Waals surface area contributed by atoms with E-state index in [2.05, 4.69) is 60.7 Å². The lowest BCUT2D eigenvalue weighted by atomic mass is 9.84. The molecule has 0 nitrogen and oxygen atoms in total. The Morgan fingerprint density at radius 2 is 1.27 bits per heavy atom. The highest BCUT2D eigenvalue weighted by Gasteiger charge is 2.17. The lowest BCUT2D eigenvalue weighted by Gasteiger charge is -2.19. The summed E-state index contributed by atoms with van der Waals surface area (Å²) in [5.74, 6) is 0. The highest BCUT2D eigenvalue weighted by atomic mass is 14.2. The largest absolute Gasteiger partial charge is 0.0757 e. The average Bonchev–Trinajstić information content (AvgIpc) is 2.59. The van der Waals surface area contributed by atoms with E-state index in [0.717, 1.165) is 6.42 Å². The maximum Gasteiger partial charge on any atom is -0.00142 e. The molecule has 1 aliphatic carbocycles. The lowest BCUT2D eigenvalue weighted by molar-refractivity contribution is 1.04. The molecule has 0 N–H and O–H groups in total. The van der Waals surface area contributed by atoms with Crippen LogP contribution in [0, 0.1) is 0 Å². The van der Waals surface area contributed by atoms with Crippen molar-refractivity contribution >= 4 is 49.2 Å². The molecule has 0 heterocycles. The molecule has 0 radical (unpaired) electrons. The number of fused-ring (bicyclic) bond motifs is 1. The van der Waals surface area contributed by atoms with Gasteiger partial charge >= 0.3 is 0 Å². The number of hydrogen-bond donors (Lipinski definition) is 0. The maximum atomic E-state index is 2.45. The molecule has 0 spiro atoms. The third-order valence-electron chi connectivity index (χ3n) is 5.42. The van der Waals surface area contributed by atoms with E-state index in [4.69, 9.17) is 0 Å². The van der Waals surface area contributed by atoms with Crippen LogP contribution in [-0.2, 0) is 6.42 Å². The Labute approximate surface area is 128 Å². The molecule has 5 aromatic carbocycles. The van der Waals surface area contributed by atoms with Crippen molar-refractivity contribution in [2.75, 3.05) is 0 Å². The summed E-state index contributed by atoms with van der Waals surface area (Å²) in [5, 5.41) is 12.9. The first-order chi connectivity index (χ1) is 10.9. The minimum Gasteiger partial charge on any atom is -0.0757 e. The summed E-state index contributed by atoms with van der Waals surface area (Å²) in [6, 6.07) is 20.5. The molecule has 0 atom stereocenters. The van der Waals surface area contributed by atoms with E-state index in [1.165, 1.54) is 60.3 Å². The van der Waals surface area contributed by atoms with Crippen LogP contribution < -0.4 is 5.22 Å². The molecule has 0 fully saturated rings. The zero-order valence-corrected chi connectivity index (χ0v) is 12.2. The Bertz CT molecular complexity index is 1250. The van der Waals surface area contributed by atoms with Crippen LogP contribution in [0.2, 0.25) is 0 Å². The quantitative estimate of drug-likeness (QED) is 0.270. The SMILES string of the molecule is C1=c2c3cccc4ccc5ccc6ccc(c2c6c5c43)CC1. The summed E-state index contributed by atoms with van der Waals surface area (Å²) in [5.41, 5.74) is 1.52. The topological polar surface area (TPSA) is 0 Å². The summed E-state index contributed by atoms with van der Waals surface area (Å²) < 4.78 is 0. The molecule has 0 saturated heterocycles. The highest BCUT2D eigenvalue weighted by Crippen LogP contribution is 2.39. The van der Waals surface area contributed by atoms with Crippen LogP contribution in [-0.4, -0.2) is 0 Å². The molecule has 1 aliphatic rings. The van der Waals surface area contributed by atoms with Crippen molar-refractivity contribution < 1.29 is 0 Å². The van der Waals surface area contributed by atoms with Crippen LogP contribution in [0.3, 0.4) is 0 Å². The van der Waals surface area contributed by atoms with Gasteiger partial charge in [0, 0.05) is 0 Å². The van der Waals surface area contributed by atoms with Gasteiger partial charge in [-0.25, -0.2) is 0 Å². The second-order valence-corrected chi connectivity index (χ2v) is 6.49. The molecular weight excluding hydrogens is 264 g/mol. The Morgan fingerprint density at radius 3 is 2.09 bits per heavy atom. The minimum atomic E-state index is 1.16. The highest BCUT2D eigenvalue weighted by molar-refractivity contribution is 6.31. The Kier molecular flexibility index (Phi) is 1.80. The zero-order valence-electron chi connectivity index (χ0n) is 12.2. The average molecular weight is 278 g/mol. The van der Waals surface area contributed by atoms with Crippen LogP contribution in [0.25, 0.3) is 49.2 Å². The van der Waals surface area contributed by atoms with Gasteiger partial charge in [-0.05, 0) is 66.7 Å². The molecular formula is C22H14. The molecule has 0 saturated carbocycles. The van der Waals surface area contributed by atoms with E-state index in [1.54, 1.807) is 0 Å². The molecule has 0 bridgehead atoms. The van der Waals surface area contributed by atoms with Gasteiger partial charge in [0.25, 0.3) is 0 Å². The molecule has 0 aliphatic heterocycles. The predicted octanol–water partition coefficient (Wildman–Crippen LogP) is 5.18. The number of benzene rings is 5. The fourth-order valence-corrected chi connectivity index (χ4v) is 4.51. The van der Waals surface area contributed by atoms with Gasteiger partial charge < -0.3 is 0 Å². The Balaban J connectivity index is 2.18. The molecule has 5 aromatic rings. The van der Waals surface area contributed by atoms with Crippen molar-refractivity contribution in [3.63, 3.8) is 0 Å². The Hall–Kier alpha value is -2.60. The summed E-state index contributed by atoms with van der Waals surface area (Å²) in [7, 11) is 0. The first-order valence-corrected chi connectivity index (χ1v) is 8.03. The van der Waals surface area contributed by atoms with Gasteiger partial charge in [0.1, 0.15) is 0 Å². The molecule has 0 heteroatoms. The molecule has 0 amide bonds. The molecule has 102 valence electrons. The van der Waals surface area contributed by atoms with Gasteiger partial charge in [0.05, 0.1) is 0 Å². The molecule has 0 unspecified atom stereocenters.